The van der Waals surface area contributed by atoms with Crippen LogP contribution in [0.3, 0.4) is 0 Å². The average molecular weight is 195 g/mol. The van der Waals surface area contributed by atoms with E-state index in [2.05, 4.69) is 39.7 Å². The number of nitrogens with zero attached hydrogens (tertiary/aromatic N) is 2. The Balaban J connectivity index is 3.05. The Morgan fingerprint density at radius 1 is 1.50 bits per heavy atom. The fourth-order valence-electron chi connectivity index (χ4n) is 1.30. The van der Waals surface area contributed by atoms with Crippen molar-refractivity contribution >= 4 is 5.82 Å². The highest BCUT2D eigenvalue weighted by molar-refractivity contribution is 5.34. The first kappa shape index (κ1) is 11.1. The molecule has 1 aromatic rings. The summed E-state index contributed by atoms with van der Waals surface area (Å²) in [6.45, 7) is 10.7. The van der Waals surface area contributed by atoms with Gasteiger partial charge in [-0.25, -0.2) is 4.68 Å². The molecule has 0 fully saturated rings. The Hall–Kier alpha value is -0.990. The Bertz CT molecular complexity index is 307. The molecule has 1 aromatic heterocycles. The van der Waals surface area contributed by atoms with E-state index >= 15 is 0 Å². The minimum atomic E-state index is 0.0762. The van der Waals surface area contributed by atoms with Crippen LogP contribution in [-0.2, 0) is 5.41 Å². The molecule has 0 saturated heterocycles. The highest BCUT2D eigenvalue weighted by atomic mass is 15.3. The molecule has 0 aliphatic rings. The quantitative estimate of drug-likeness (QED) is 0.788. The summed E-state index contributed by atoms with van der Waals surface area (Å²) in [5.74, 6) is 0.768. The van der Waals surface area contributed by atoms with Gasteiger partial charge in [0.15, 0.2) is 0 Å². The maximum atomic E-state index is 5.92. The predicted octanol–water partition coefficient (Wildman–Crippen LogP) is 2.73. The van der Waals surface area contributed by atoms with E-state index in [1.165, 1.54) is 0 Å². The minimum absolute atomic E-state index is 0.0762. The van der Waals surface area contributed by atoms with Gasteiger partial charge in [-0.05, 0) is 13.3 Å². The standard InChI is InChI=1S/C11H21N3/c1-6-8(2)14-10(12)7-9(13-14)11(3,4)5/h7-8H,6,12H2,1-5H3. The molecule has 0 aliphatic carbocycles. The molecule has 1 atom stereocenters. The van der Waals surface area contributed by atoms with Crippen molar-refractivity contribution in [2.75, 3.05) is 5.73 Å². The lowest BCUT2D eigenvalue weighted by molar-refractivity contribution is 0.463. The summed E-state index contributed by atoms with van der Waals surface area (Å²) < 4.78 is 1.92. The molecule has 0 saturated carbocycles. The zero-order chi connectivity index (χ0) is 10.9. The number of rotatable bonds is 2. The predicted molar refractivity (Wildman–Crippen MR) is 60.3 cm³/mol. The zero-order valence-corrected chi connectivity index (χ0v) is 9.83. The second-order valence-electron chi connectivity index (χ2n) is 4.91. The second-order valence-corrected chi connectivity index (χ2v) is 4.91. The number of nitrogens with two attached hydrogens (primary N) is 1. The summed E-state index contributed by atoms with van der Waals surface area (Å²) in [5.41, 5.74) is 7.06. The lowest BCUT2D eigenvalue weighted by Crippen LogP contribution is -2.14. The largest absolute Gasteiger partial charge is 0.384 e. The molecule has 0 spiro atoms. The molecule has 1 rings (SSSR count). The van der Waals surface area contributed by atoms with Crippen LogP contribution in [0.5, 0.6) is 0 Å². The molecular weight excluding hydrogens is 174 g/mol. The van der Waals surface area contributed by atoms with Gasteiger partial charge in [0, 0.05) is 11.5 Å². The van der Waals surface area contributed by atoms with Crippen LogP contribution in [0.2, 0.25) is 0 Å². The van der Waals surface area contributed by atoms with Gasteiger partial charge in [-0.1, -0.05) is 27.7 Å². The molecule has 2 N–H and O–H groups in total. The molecule has 80 valence electrons. The van der Waals surface area contributed by atoms with Crippen molar-refractivity contribution in [1.29, 1.82) is 0 Å². The van der Waals surface area contributed by atoms with Gasteiger partial charge < -0.3 is 5.73 Å². The molecular formula is C11H21N3. The maximum Gasteiger partial charge on any atom is 0.122 e. The SMILES string of the molecule is CCC(C)n1nc(C(C)(C)C)cc1N. The van der Waals surface area contributed by atoms with E-state index in [9.17, 15) is 0 Å². The lowest BCUT2D eigenvalue weighted by Gasteiger charge is -2.15. The van der Waals surface area contributed by atoms with Crippen LogP contribution in [0.4, 0.5) is 5.82 Å². The highest BCUT2D eigenvalue weighted by Gasteiger charge is 2.20. The highest BCUT2D eigenvalue weighted by Crippen LogP contribution is 2.25. The van der Waals surface area contributed by atoms with Crippen LogP contribution in [0.1, 0.15) is 52.8 Å². The normalized spacial score (nSPS) is 14.4. The van der Waals surface area contributed by atoms with E-state index in [1.54, 1.807) is 0 Å². The number of nitrogen functional groups attached to an aromatic ring is 1. The third-order valence-corrected chi connectivity index (χ3v) is 2.54. The molecule has 1 heterocycles. The number of hydrogen-bond donors (Lipinski definition) is 1. The topological polar surface area (TPSA) is 43.8 Å². The molecule has 3 nitrogen and oxygen atoms in total. The smallest absolute Gasteiger partial charge is 0.122 e. The van der Waals surface area contributed by atoms with Crippen molar-refractivity contribution in [2.24, 2.45) is 0 Å². The molecule has 3 heteroatoms. The van der Waals surface area contributed by atoms with Crippen molar-refractivity contribution in [2.45, 2.75) is 52.5 Å². The van der Waals surface area contributed by atoms with E-state index in [-0.39, 0.29) is 5.41 Å². The summed E-state index contributed by atoms with van der Waals surface area (Å²) in [6, 6.07) is 2.36. The summed E-state index contributed by atoms with van der Waals surface area (Å²) in [5, 5.41) is 4.54. The Labute approximate surface area is 86.3 Å². The summed E-state index contributed by atoms with van der Waals surface area (Å²) >= 11 is 0. The van der Waals surface area contributed by atoms with E-state index in [0.29, 0.717) is 6.04 Å². The molecule has 0 bridgehead atoms. The van der Waals surface area contributed by atoms with E-state index in [1.807, 2.05) is 10.7 Å². The first-order valence-corrected chi connectivity index (χ1v) is 5.21. The van der Waals surface area contributed by atoms with Gasteiger partial charge in [0.25, 0.3) is 0 Å². The van der Waals surface area contributed by atoms with Gasteiger partial charge >= 0.3 is 0 Å². The Morgan fingerprint density at radius 2 is 2.07 bits per heavy atom. The van der Waals surface area contributed by atoms with Gasteiger partial charge in [-0.15, -0.1) is 0 Å². The molecule has 0 amide bonds. The molecule has 14 heavy (non-hydrogen) atoms. The monoisotopic (exact) mass is 195 g/mol. The van der Waals surface area contributed by atoms with Gasteiger partial charge in [-0.3, -0.25) is 0 Å². The molecule has 1 unspecified atom stereocenters. The van der Waals surface area contributed by atoms with Crippen molar-refractivity contribution in [3.8, 4) is 0 Å². The Morgan fingerprint density at radius 3 is 2.43 bits per heavy atom. The molecule has 0 aliphatic heterocycles. The number of anilines is 1. The van der Waals surface area contributed by atoms with Crippen molar-refractivity contribution in [3.05, 3.63) is 11.8 Å². The first-order valence-electron chi connectivity index (χ1n) is 5.21. The maximum absolute atomic E-state index is 5.92. The molecule has 0 radical (unpaired) electrons. The number of hydrogen-bond acceptors (Lipinski definition) is 2. The third kappa shape index (κ3) is 2.08. The van der Waals surface area contributed by atoms with Crippen LogP contribution >= 0.6 is 0 Å². The van der Waals surface area contributed by atoms with Crippen LogP contribution < -0.4 is 5.73 Å². The zero-order valence-electron chi connectivity index (χ0n) is 9.83. The van der Waals surface area contributed by atoms with Crippen molar-refractivity contribution < 1.29 is 0 Å². The lowest BCUT2D eigenvalue weighted by atomic mass is 9.92. The second kappa shape index (κ2) is 3.64. The van der Waals surface area contributed by atoms with Crippen molar-refractivity contribution in [3.63, 3.8) is 0 Å². The van der Waals surface area contributed by atoms with Crippen LogP contribution in [0, 0.1) is 0 Å². The summed E-state index contributed by atoms with van der Waals surface area (Å²) in [4.78, 5) is 0. The molecule has 0 aromatic carbocycles. The van der Waals surface area contributed by atoms with Gasteiger partial charge in [0.05, 0.1) is 11.7 Å². The van der Waals surface area contributed by atoms with Gasteiger partial charge in [0.1, 0.15) is 5.82 Å². The van der Waals surface area contributed by atoms with Crippen molar-refractivity contribution in [1.82, 2.24) is 9.78 Å². The fourth-order valence-corrected chi connectivity index (χ4v) is 1.30. The van der Waals surface area contributed by atoms with Crippen LogP contribution in [0.25, 0.3) is 0 Å². The Kier molecular flexibility index (Phi) is 2.88. The minimum Gasteiger partial charge on any atom is -0.384 e. The summed E-state index contributed by atoms with van der Waals surface area (Å²) in [6.07, 6.45) is 1.05. The van der Waals surface area contributed by atoms with Crippen LogP contribution in [0.15, 0.2) is 6.07 Å². The fraction of sp³-hybridized carbons (Fsp3) is 0.727. The van der Waals surface area contributed by atoms with Crippen LogP contribution in [-0.4, -0.2) is 9.78 Å². The van der Waals surface area contributed by atoms with E-state index in [4.69, 9.17) is 5.73 Å². The van der Waals surface area contributed by atoms with E-state index in [0.717, 1.165) is 17.9 Å². The van der Waals surface area contributed by atoms with Gasteiger partial charge in [0.2, 0.25) is 0 Å². The number of aromatic nitrogens is 2. The average Bonchev–Trinajstić information content (AvgIpc) is 2.45. The summed E-state index contributed by atoms with van der Waals surface area (Å²) in [7, 11) is 0. The van der Waals surface area contributed by atoms with Gasteiger partial charge in [-0.2, -0.15) is 5.10 Å². The first-order chi connectivity index (χ1) is 6.36. The third-order valence-electron chi connectivity index (χ3n) is 2.54. The van der Waals surface area contributed by atoms with E-state index < -0.39 is 0 Å².